The number of hydrogen-bond donors (Lipinski definition) is 0. The van der Waals surface area contributed by atoms with Gasteiger partial charge in [-0.05, 0) is 105 Å². The average Bonchev–Trinajstić information content (AvgIpc) is 2.63. The number of carbonyl (C=O) groups is 1. The van der Waals surface area contributed by atoms with Crippen molar-refractivity contribution in [2.45, 2.75) is 48.0 Å². The highest BCUT2D eigenvalue weighted by Crippen LogP contribution is 2.23. The van der Waals surface area contributed by atoms with E-state index in [0.29, 0.717) is 0 Å². The average molecular weight is 357 g/mol. The lowest BCUT2D eigenvalue weighted by Crippen LogP contribution is -2.05. The van der Waals surface area contributed by atoms with Gasteiger partial charge in [0.1, 0.15) is 0 Å². The Morgan fingerprint density at radius 2 is 1.07 bits per heavy atom. The second-order valence-electron chi connectivity index (χ2n) is 7.81. The van der Waals surface area contributed by atoms with Crippen LogP contribution in [0.1, 0.15) is 60.4 Å². The van der Waals surface area contributed by atoms with Crippen LogP contribution in [0.3, 0.4) is 0 Å². The fraction of sp³-hybridized carbons (Fsp3) is 0.269. The maximum absolute atomic E-state index is 13.0. The molecule has 0 aliphatic rings. The largest absolute Gasteiger partial charge is 0.289 e. The van der Waals surface area contributed by atoms with Crippen LogP contribution in [0.15, 0.2) is 48.5 Å². The highest BCUT2D eigenvalue weighted by molar-refractivity contribution is 6.09. The van der Waals surface area contributed by atoms with Crippen LogP contribution in [0.25, 0.3) is 0 Å². The molecule has 0 spiro atoms. The number of benzene rings is 3. The van der Waals surface area contributed by atoms with Gasteiger partial charge in [0, 0.05) is 11.1 Å². The third kappa shape index (κ3) is 4.03. The lowest BCUT2D eigenvalue weighted by Gasteiger charge is -2.13. The van der Waals surface area contributed by atoms with E-state index in [1.54, 1.807) is 0 Å². The van der Waals surface area contributed by atoms with Crippen LogP contribution < -0.4 is 0 Å². The van der Waals surface area contributed by atoms with E-state index in [4.69, 9.17) is 0 Å². The Kier molecular flexibility index (Phi) is 5.32. The van der Waals surface area contributed by atoms with Gasteiger partial charge >= 0.3 is 0 Å². The van der Waals surface area contributed by atoms with Crippen molar-refractivity contribution in [3.05, 3.63) is 104 Å². The van der Waals surface area contributed by atoms with Gasteiger partial charge < -0.3 is 0 Å². The summed E-state index contributed by atoms with van der Waals surface area (Å²) < 4.78 is 0. The van der Waals surface area contributed by atoms with Gasteiger partial charge in [-0.3, -0.25) is 4.79 Å². The Balaban J connectivity index is 1.96. The smallest absolute Gasteiger partial charge is 0.193 e. The summed E-state index contributed by atoms with van der Waals surface area (Å²) in [6, 6.07) is 16.6. The summed E-state index contributed by atoms with van der Waals surface area (Å²) >= 11 is 0. The molecule has 0 bridgehead atoms. The standard InChI is InChI=1S/C26H28O/c1-16-7-9-22(12-19(16)4)26(27)23-10-8-17(2)25(14-23)15-24-13-20(5)18(3)11-21(24)6/h7-14H,15H2,1-6H3. The molecule has 0 aliphatic carbocycles. The first-order chi connectivity index (χ1) is 12.8. The van der Waals surface area contributed by atoms with Crippen molar-refractivity contribution in [2.24, 2.45) is 0 Å². The van der Waals surface area contributed by atoms with E-state index in [0.717, 1.165) is 23.1 Å². The zero-order chi connectivity index (χ0) is 19.7. The lowest BCUT2D eigenvalue weighted by atomic mass is 9.91. The number of aryl methyl sites for hydroxylation is 6. The first-order valence-electron chi connectivity index (χ1n) is 9.54. The zero-order valence-electron chi connectivity index (χ0n) is 17.2. The molecule has 0 atom stereocenters. The van der Waals surface area contributed by atoms with Crippen molar-refractivity contribution in [1.29, 1.82) is 0 Å². The van der Waals surface area contributed by atoms with Crippen molar-refractivity contribution in [3.8, 4) is 0 Å². The zero-order valence-corrected chi connectivity index (χ0v) is 17.2. The summed E-state index contributed by atoms with van der Waals surface area (Å²) in [6.07, 6.45) is 0.854. The van der Waals surface area contributed by atoms with Crippen LogP contribution in [-0.2, 0) is 6.42 Å². The Morgan fingerprint density at radius 3 is 1.74 bits per heavy atom. The van der Waals surface area contributed by atoms with Gasteiger partial charge in [-0.1, -0.05) is 36.4 Å². The summed E-state index contributed by atoms with van der Waals surface area (Å²) in [4.78, 5) is 13.0. The third-order valence-electron chi connectivity index (χ3n) is 5.71. The monoisotopic (exact) mass is 356 g/mol. The summed E-state index contributed by atoms with van der Waals surface area (Å²) in [5, 5.41) is 0. The van der Waals surface area contributed by atoms with E-state index in [2.05, 4.69) is 65.8 Å². The molecule has 0 radical (unpaired) electrons. The number of rotatable bonds is 4. The molecule has 27 heavy (non-hydrogen) atoms. The van der Waals surface area contributed by atoms with Gasteiger partial charge in [0.05, 0.1) is 0 Å². The van der Waals surface area contributed by atoms with Crippen LogP contribution in [0.2, 0.25) is 0 Å². The second-order valence-corrected chi connectivity index (χ2v) is 7.81. The molecule has 138 valence electrons. The Labute approximate surface area is 163 Å². The summed E-state index contributed by atoms with van der Waals surface area (Å²) in [6.45, 7) is 12.7. The van der Waals surface area contributed by atoms with E-state index >= 15 is 0 Å². The molecule has 0 amide bonds. The first-order valence-corrected chi connectivity index (χ1v) is 9.54. The molecule has 0 saturated heterocycles. The molecule has 3 aromatic rings. The van der Waals surface area contributed by atoms with Crippen molar-refractivity contribution < 1.29 is 4.79 Å². The van der Waals surface area contributed by atoms with Crippen LogP contribution in [0.5, 0.6) is 0 Å². The van der Waals surface area contributed by atoms with Crippen molar-refractivity contribution in [3.63, 3.8) is 0 Å². The van der Waals surface area contributed by atoms with E-state index in [1.807, 2.05) is 24.3 Å². The second kappa shape index (κ2) is 7.52. The third-order valence-corrected chi connectivity index (χ3v) is 5.71. The lowest BCUT2D eigenvalue weighted by molar-refractivity contribution is 0.103. The predicted molar refractivity (Wildman–Crippen MR) is 114 cm³/mol. The van der Waals surface area contributed by atoms with Crippen LogP contribution >= 0.6 is 0 Å². The SMILES string of the molecule is Cc1ccc(C(=O)c2ccc(C)c(Cc3cc(C)c(C)cc3C)c2)cc1C. The minimum atomic E-state index is 0.0937. The molecule has 0 aromatic heterocycles. The molecular formula is C26H28O. The summed E-state index contributed by atoms with van der Waals surface area (Å²) in [5.41, 5.74) is 11.6. The molecule has 0 N–H and O–H groups in total. The Morgan fingerprint density at radius 1 is 0.556 bits per heavy atom. The quantitative estimate of drug-likeness (QED) is 0.497. The molecule has 0 aliphatic heterocycles. The first kappa shape index (κ1) is 19.1. The fourth-order valence-electron chi connectivity index (χ4n) is 3.47. The molecule has 3 rings (SSSR count). The van der Waals surface area contributed by atoms with E-state index in [1.165, 1.54) is 38.9 Å². The maximum atomic E-state index is 13.0. The van der Waals surface area contributed by atoms with Crippen LogP contribution in [0, 0.1) is 41.5 Å². The highest BCUT2D eigenvalue weighted by atomic mass is 16.1. The van der Waals surface area contributed by atoms with Crippen molar-refractivity contribution >= 4 is 5.78 Å². The normalized spacial score (nSPS) is 10.9. The van der Waals surface area contributed by atoms with Gasteiger partial charge in [0.25, 0.3) is 0 Å². The molecule has 3 aromatic carbocycles. The molecule has 0 saturated carbocycles. The maximum Gasteiger partial charge on any atom is 0.193 e. The summed E-state index contributed by atoms with van der Waals surface area (Å²) in [5.74, 6) is 0.0937. The fourth-order valence-corrected chi connectivity index (χ4v) is 3.47. The molecule has 0 fully saturated rings. The molecule has 1 nitrogen and oxygen atoms in total. The van der Waals surface area contributed by atoms with E-state index in [9.17, 15) is 4.79 Å². The van der Waals surface area contributed by atoms with E-state index in [-0.39, 0.29) is 5.78 Å². The van der Waals surface area contributed by atoms with Crippen molar-refractivity contribution in [1.82, 2.24) is 0 Å². The van der Waals surface area contributed by atoms with Gasteiger partial charge in [0.15, 0.2) is 5.78 Å². The number of ketones is 1. The van der Waals surface area contributed by atoms with E-state index < -0.39 is 0 Å². The van der Waals surface area contributed by atoms with Crippen molar-refractivity contribution in [2.75, 3.05) is 0 Å². The van der Waals surface area contributed by atoms with Crippen LogP contribution in [-0.4, -0.2) is 5.78 Å². The van der Waals surface area contributed by atoms with Gasteiger partial charge in [-0.15, -0.1) is 0 Å². The van der Waals surface area contributed by atoms with Gasteiger partial charge in [-0.25, -0.2) is 0 Å². The van der Waals surface area contributed by atoms with Gasteiger partial charge in [-0.2, -0.15) is 0 Å². The molecule has 0 unspecified atom stereocenters. The topological polar surface area (TPSA) is 17.1 Å². The van der Waals surface area contributed by atoms with Crippen LogP contribution in [0.4, 0.5) is 0 Å². The van der Waals surface area contributed by atoms with Gasteiger partial charge in [0.2, 0.25) is 0 Å². The number of hydrogen-bond acceptors (Lipinski definition) is 1. The Bertz CT molecular complexity index is 1020. The number of carbonyl (C=O) groups excluding carboxylic acids is 1. The molecular weight excluding hydrogens is 328 g/mol. The summed E-state index contributed by atoms with van der Waals surface area (Å²) in [7, 11) is 0. The predicted octanol–water partition coefficient (Wildman–Crippen LogP) is 6.36. The molecule has 0 heterocycles. The minimum absolute atomic E-state index is 0.0937. The highest BCUT2D eigenvalue weighted by Gasteiger charge is 2.13. The Hall–Kier alpha value is -2.67. The molecule has 1 heteroatoms. The minimum Gasteiger partial charge on any atom is -0.289 e.